The van der Waals surface area contributed by atoms with Gasteiger partial charge in [0.15, 0.2) is 0 Å². The molecule has 0 spiro atoms. The Labute approximate surface area is 113 Å². The van der Waals surface area contributed by atoms with Crippen LogP contribution in [-0.2, 0) is 10.0 Å². The predicted octanol–water partition coefficient (Wildman–Crippen LogP) is 1.93. The monoisotopic (exact) mass is 278 g/mol. The molecule has 4 nitrogen and oxygen atoms in total. The normalized spacial score (nSPS) is 12.9. The molecule has 0 bridgehead atoms. The molecule has 0 amide bonds. The maximum Gasteiger partial charge on any atom is 0.215 e. The average molecular weight is 278 g/mol. The van der Waals surface area contributed by atoms with E-state index in [0.29, 0.717) is 31.5 Å². The molecule has 0 atom stereocenters. The van der Waals surface area contributed by atoms with Crippen LogP contribution in [0.5, 0.6) is 0 Å². The Bertz CT molecular complexity index is 288. The van der Waals surface area contributed by atoms with Gasteiger partial charge in [-0.05, 0) is 31.7 Å². The second-order valence-electron chi connectivity index (χ2n) is 5.68. The zero-order valence-corrected chi connectivity index (χ0v) is 13.4. The van der Waals surface area contributed by atoms with Crippen molar-refractivity contribution < 1.29 is 8.42 Å². The van der Waals surface area contributed by atoms with Gasteiger partial charge < -0.3 is 5.32 Å². The first-order chi connectivity index (χ1) is 8.29. The summed E-state index contributed by atoms with van der Waals surface area (Å²) >= 11 is 0. The number of hydrogen-bond acceptors (Lipinski definition) is 3. The lowest BCUT2D eigenvalue weighted by Crippen LogP contribution is -2.38. The second kappa shape index (κ2) is 8.88. The number of hydrogen-bond donors (Lipinski definition) is 1. The Balaban J connectivity index is 4.51. The molecule has 0 aliphatic heterocycles. The molecule has 0 aromatic rings. The molecule has 0 rings (SSSR count). The summed E-state index contributed by atoms with van der Waals surface area (Å²) in [5.74, 6) is 1.26. The number of nitrogens with one attached hydrogen (secondary N) is 1. The minimum absolute atomic E-state index is 0.194. The second-order valence-corrected chi connectivity index (χ2v) is 7.77. The van der Waals surface area contributed by atoms with Crippen LogP contribution >= 0.6 is 0 Å². The SMILES string of the molecule is CNCCS(=O)(=O)N(CCC(C)C)CCC(C)C. The van der Waals surface area contributed by atoms with Gasteiger partial charge in [-0.1, -0.05) is 27.7 Å². The highest BCUT2D eigenvalue weighted by atomic mass is 32.2. The summed E-state index contributed by atoms with van der Waals surface area (Å²) < 4.78 is 26.1. The molecule has 0 aromatic carbocycles. The van der Waals surface area contributed by atoms with Gasteiger partial charge in [-0.25, -0.2) is 12.7 Å². The van der Waals surface area contributed by atoms with Gasteiger partial charge in [0.2, 0.25) is 10.0 Å². The van der Waals surface area contributed by atoms with Crippen molar-refractivity contribution in [2.45, 2.75) is 40.5 Å². The van der Waals surface area contributed by atoms with Crippen LogP contribution in [0.3, 0.4) is 0 Å². The lowest BCUT2D eigenvalue weighted by Gasteiger charge is -2.23. The minimum atomic E-state index is -3.11. The molecule has 0 saturated heterocycles. The highest BCUT2D eigenvalue weighted by Gasteiger charge is 2.21. The van der Waals surface area contributed by atoms with Gasteiger partial charge in [0.25, 0.3) is 0 Å². The molecule has 0 fully saturated rings. The van der Waals surface area contributed by atoms with E-state index in [1.54, 1.807) is 11.4 Å². The Kier molecular flexibility index (Phi) is 8.82. The summed E-state index contributed by atoms with van der Waals surface area (Å²) in [5, 5.41) is 2.90. The fourth-order valence-corrected chi connectivity index (χ4v) is 3.04. The molecular weight excluding hydrogens is 248 g/mol. The largest absolute Gasteiger partial charge is 0.319 e. The first kappa shape index (κ1) is 17.9. The van der Waals surface area contributed by atoms with E-state index in [1.165, 1.54) is 0 Å². The van der Waals surface area contributed by atoms with Gasteiger partial charge in [-0.3, -0.25) is 0 Å². The molecule has 0 aliphatic carbocycles. The van der Waals surface area contributed by atoms with Crippen LogP contribution in [0, 0.1) is 11.8 Å². The Morgan fingerprint density at radius 2 is 1.44 bits per heavy atom. The summed E-state index contributed by atoms with van der Waals surface area (Å²) in [7, 11) is -1.33. The Hall–Kier alpha value is -0.130. The standard InChI is InChI=1S/C13H30N2O2S/c1-12(2)6-9-15(10-7-13(3)4)18(16,17)11-8-14-5/h12-14H,6-11H2,1-5H3. The van der Waals surface area contributed by atoms with Crippen LogP contribution in [0.4, 0.5) is 0 Å². The van der Waals surface area contributed by atoms with Gasteiger partial charge >= 0.3 is 0 Å². The fourth-order valence-electron chi connectivity index (χ4n) is 1.55. The Morgan fingerprint density at radius 3 is 1.78 bits per heavy atom. The van der Waals surface area contributed by atoms with E-state index in [0.717, 1.165) is 12.8 Å². The highest BCUT2D eigenvalue weighted by Crippen LogP contribution is 2.11. The smallest absolute Gasteiger partial charge is 0.215 e. The van der Waals surface area contributed by atoms with E-state index in [2.05, 4.69) is 33.0 Å². The summed E-state index contributed by atoms with van der Waals surface area (Å²) in [6.45, 7) is 10.3. The van der Waals surface area contributed by atoms with Crippen molar-refractivity contribution >= 4 is 10.0 Å². The van der Waals surface area contributed by atoms with Gasteiger partial charge in [-0.15, -0.1) is 0 Å². The molecule has 0 unspecified atom stereocenters. The molecule has 1 N–H and O–H groups in total. The predicted molar refractivity (Wildman–Crippen MR) is 78.2 cm³/mol. The van der Waals surface area contributed by atoms with E-state index in [9.17, 15) is 8.42 Å². The topological polar surface area (TPSA) is 49.4 Å². The van der Waals surface area contributed by atoms with E-state index in [-0.39, 0.29) is 5.75 Å². The fraction of sp³-hybridized carbons (Fsp3) is 1.00. The van der Waals surface area contributed by atoms with Crippen LogP contribution in [0.1, 0.15) is 40.5 Å². The lowest BCUT2D eigenvalue weighted by atomic mass is 10.1. The highest BCUT2D eigenvalue weighted by molar-refractivity contribution is 7.89. The van der Waals surface area contributed by atoms with Crippen LogP contribution < -0.4 is 5.32 Å². The van der Waals surface area contributed by atoms with E-state index < -0.39 is 10.0 Å². The van der Waals surface area contributed by atoms with Crippen LogP contribution in [0.25, 0.3) is 0 Å². The van der Waals surface area contributed by atoms with Gasteiger partial charge in [0, 0.05) is 19.6 Å². The van der Waals surface area contributed by atoms with Crippen molar-refractivity contribution in [1.82, 2.24) is 9.62 Å². The summed E-state index contributed by atoms with van der Waals surface area (Å²) in [4.78, 5) is 0. The summed E-state index contributed by atoms with van der Waals surface area (Å²) in [6, 6.07) is 0. The van der Waals surface area contributed by atoms with Crippen LogP contribution in [0.15, 0.2) is 0 Å². The maximum absolute atomic E-state index is 12.2. The number of rotatable bonds is 10. The van der Waals surface area contributed by atoms with Crippen LogP contribution in [-0.4, -0.2) is 45.2 Å². The summed E-state index contributed by atoms with van der Waals surface area (Å²) in [6.07, 6.45) is 1.85. The number of nitrogens with zero attached hydrogens (tertiary/aromatic N) is 1. The average Bonchev–Trinajstić information content (AvgIpc) is 2.25. The molecule has 0 radical (unpaired) electrons. The molecule has 0 saturated carbocycles. The third kappa shape index (κ3) is 8.06. The van der Waals surface area contributed by atoms with E-state index in [4.69, 9.17) is 0 Å². The van der Waals surface area contributed by atoms with Crippen molar-refractivity contribution in [3.05, 3.63) is 0 Å². The van der Waals surface area contributed by atoms with Crippen LogP contribution in [0.2, 0.25) is 0 Å². The zero-order valence-electron chi connectivity index (χ0n) is 12.6. The lowest BCUT2D eigenvalue weighted by molar-refractivity contribution is 0.357. The first-order valence-corrected chi connectivity index (χ1v) is 8.53. The minimum Gasteiger partial charge on any atom is -0.319 e. The van der Waals surface area contributed by atoms with Crippen molar-refractivity contribution in [1.29, 1.82) is 0 Å². The van der Waals surface area contributed by atoms with Crippen molar-refractivity contribution in [3.8, 4) is 0 Å². The summed E-state index contributed by atoms with van der Waals surface area (Å²) in [5.41, 5.74) is 0. The zero-order chi connectivity index (χ0) is 14.2. The third-order valence-electron chi connectivity index (χ3n) is 2.92. The van der Waals surface area contributed by atoms with E-state index in [1.807, 2.05) is 0 Å². The molecular formula is C13H30N2O2S. The van der Waals surface area contributed by atoms with Gasteiger partial charge in [0.1, 0.15) is 0 Å². The molecule has 5 heteroatoms. The van der Waals surface area contributed by atoms with Crippen molar-refractivity contribution in [3.63, 3.8) is 0 Å². The van der Waals surface area contributed by atoms with Gasteiger partial charge in [-0.2, -0.15) is 0 Å². The molecule has 18 heavy (non-hydrogen) atoms. The first-order valence-electron chi connectivity index (χ1n) is 6.92. The molecule has 0 aliphatic rings. The van der Waals surface area contributed by atoms with Gasteiger partial charge in [0.05, 0.1) is 5.75 Å². The molecule has 0 aromatic heterocycles. The maximum atomic E-state index is 12.2. The molecule has 110 valence electrons. The molecule has 0 heterocycles. The quantitative estimate of drug-likeness (QED) is 0.664. The number of sulfonamides is 1. The van der Waals surface area contributed by atoms with Crippen molar-refractivity contribution in [2.75, 3.05) is 32.4 Å². The van der Waals surface area contributed by atoms with Crippen molar-refractivity contribution in [2.24, 2.45) is 11.8 Å². The van der Waals surface area contributed by atoms with E-state index >= 15 is 0 Å². The third-order valence-corrected chi connectivity index (χ3v) is 4.79. The Morgan fingerprint density at radius 1 is 1.00 bits per heavy atom.